The van der Waals surface area contributed by atoms with Crippen molar-refractivity contribution in [2.24, 2.45) is 0 Å². The maximum Gasteiger partial charge on any atom is 0.410 e. The molecule has 0 saturated carbocycles. The molecule has 3 heterocycles. The zero-order chi connectivity index (χ0) is 22.3. The van der Waals surface area contributed by atoms with Gasteiger partial charge in [0, 0.05) is 29.9 Å². The number of amides is 2. The van der Waals surface area contributed by atoms with Crippen LogP contribution in [0.2, 0.25) is 0 Å². The summed E-state index contributed by atoms with van der Waals surface area (Å²) in [5.74, 6) is -0.306. The van der Waals surface area contributed by atoms with Gasteiger partial charge in [-0.1, -0.05) is 30.3 Å². The summed E-state index contributed by atoms with van der Waals surface area (Å²) in [7, 11) is 0. The lowest BCUT2D eigenvalue weighted by Crippen LogP contribution is -2.36. The van der Waals surface area contributed by atoms with Crippen LogP contribution in [0.5, 0.6) is 0 Å². The van der Waals surface area contributed by atoms with Crippen LogP contribution in [0.4, 0.5) is 9.80 Å². The Morgan fingerprint density at radius 1 is 1.31 bits per heavy atom. The van der Waals surface area contributed by atoms with Gasteiger partial charge in [-0.25, -0.2) is 9.78 Å². The highest BCUT2D eigenvalue weighted by Crippen LogP contribution is 2.36. The van der Waals surface area contributed by atoms with Crippen molar-refractivity contribution in [1.82, 2.24) is 14.5 Å². The predicted octanol–water partition coefficient (Wildman–Crippen LogP) is 3.66. The predicted molar refractivity (Wildman–Crippen MR) is 121 cm³/mol. The van der Waals surface area contributed by atoms with E-state index in [9.17, 15) is 14.9 Å². The third-order valence-electron chi connectivity index (χ3n) is 5.02. The second kappa shape index (κ2) is 9.94. The SMILES string of the molecule is N#Cc1c(NC(=O)C=Cc2ccccc2)sc2c1CCN(C(=O)OCCn1ccnc1)C2. The molecule has 1 aliphatic rings. The molecule has 1 N–H and O–H groups in total. The summed E-state index contributed by atoms with van der Waals surface area (Å²) in [6.07, 6.45) is 8.46. The molecule has 0 fully saturated rings. The number of carbonyl (C=O) groups excluding carboxylic acids is 2. The Bertz CT molecular complexity index is 1160. The maximum absolute atomic E-state index is 12.4. The molecule has 4 rings (SSSR count). The average Bonchev–Trinajstić information content (AvgIpc) is 3.45. The molecule has 0 atom stereocenters. The zero-order valence-corrected chi connectivity index (χ0v) is 18.0. The molecule has 0 spiro atoms. The number of aromatic nitrogens is 2. The highest BCUT2D eigenvalue weighted by Gasteiger charge is 2.28. The summed E-state index contributed by atoms with van der Waals surface area (Å²) in [5.41, 5.74) is 2.28. The molecule has 1 aromatic carbocycles. The molecule has 0 unspecified atom stereocenters. The van der Waals surface area contributed by atoms with E-state index < -0.39 is 0 Å². The average molecular weight is 448 g/mol. The molecule has 9 heteroatoms. The minimum atomic E-state index is -0.390. The van der Waals surface area contributed by atoms with Crippen LogP contribution in [0.15, 0.2) is 55.1 Å². The lowest BCUT2D eigenvalue weighted by Gasteiger charge is -2.26. The van der Waals surface area contributed by atoms with E-state index in [4.69, 9.17) is 4.74 Å². The maximum atomic E-state index is 12.4. The number of hydrogen-bond donors (Lipinski definition) is 1. The second-order valence-corrected chi connectivity index (χ2v) is 8.24. The minimum Gasteiger partial charge on any atom is -0.448 e. The summed E-state index contributed by atoms with van der Waals surface area (Å²) in [4.78, 5) is 31.3. The lowest BCUT2D eigenvalue weighted by atomic mass is 10.0. The van der Waals surface area contributed by atoms with Gasteiger partial charge in [-0.2, -0.15) is 5.26 Å². The van der Waals surface area contributed by atoms with Crippen molar-refractivity contribution in [2.45, 2.75) is 19.5 Å². The van der Waals surface area contributed by atoms with Crippen molar-refractivity contribution in [3.8, 4) is 6.07 Å². The summed E-state index contributed by atoms with van der Waals surface area (Å²) in [5, 5.41) is 13.0. The van der Waals surface area contributed by atoms with Gasteiger partial charge in [0.1, 0.15) is 17.7 Å². The Labute approximate surface area is 189 Å². The highest BCUT2D eigenvalue weighted by molar-refractivity contribution is 7.16. The van der Waals surface area contributed by atoms with E-state index in [1.165, 1.54) is 17.4 Å². The highest BCUT2D eigenvalue weighted by atomic mass is 32.1. The number of hydrogen-bond acceptors (Lipinski definition) is 6. The van der Waals surface area contributed by atoms with Crippen molar-refractivity contribution in [3.05, 3.63) is 76.7 Å². The first-order chi connectivity index (χ1) is 15.6. The first kappa shape index (κ1) is 21.3. The standard InChI is InChI=1S/C23H21N5O3S/c24-14-19-18-8-10-28(23(30)31-13-12-27-11-9-25-16-27)15-20(18)32-22(19)26-21(29)7-6-17-4-2-1-3-5-17/h1-7,9,11,16H,8,10,12-13,15H2,(H,26,29). The molecular formula is C23H21N5O3S. The summed E-state index contributed by atoms with van der Waals surface area (Å²) >= 11 is 1.33. The number of nitrogens with one attached hydrogen (secondary N) is 1. The molecular weight excluding hydrogens is 426 g/mol. The quantitative estimate of drug-likeness (QED) is 0.581. The van der Waals surface area contributed by atoms with Crippen LogP contribution in [0.3, 0.4) is 0 Å². The van der Waals surface area contributed by atoms with Gasteiger partial charge in [-0.3, -0.25) is 4.79 Å². The van der Waals surface area contributed by atoms with E-state index in [0.29, 0.717) is 36.6 Å². The van der Waals surface area contributed by atoms with Crippen LogP contribution in [0.25, 0.3) is 6.08 Å². The van der Waals surface area contributed by atoms with E-state index >= 15 is 0 Å². The van der Waals surface area contributed by atoms with Gasteiger partial charge in [-0.15, -0.1) is 11.3 Å². The van der Waals surface area contributed by atoms with Crippen LogP contribution in [0, 0.1) is 11.3 Å². The molecule has 0 radical (unpaired) electrons. The number of rotatable bonds is 6. The van der Waals surface area contributed by atoms with E-state index in [1.54, 1.807) is 29.7 Å². The van der Waals surface area contributed by atoms with Gasteiger partial charge < -0.3 is 19.5 Å². The van der Waals surface area contributed by atoms with Crippen LogP contribution in [-0.2, 0) is 29.0 Å². The molecule has 0 bridgehead atoms. The fraction of sp³-hybridized carbons (Fsp3) is 0.217. The number of anilines is 1. The monoisotopic (exact) mass is 447 g/mol. The Morgan fingerprint density at radius 2 is 2.16 bits per heavy atom. The minimum absolute atomic E-state index is 0.251. The van der Waals surface area contributed by atoms with Gasteiger partial charge in [0.05, 0.1) is 25.0 Å². The van der Waals surface area contributed by atoms with Gasteiger partial charge in [0.25, 0.3) is 0 Å². The molecule has 162 valence electrons. The fourth-order valence-electron chi connectivity index (χ4n) is 3.40. The molecule has 2 amide bonds. The van der Waals surface area contributed by atoms with Crippen LogP contribution in [-0.4, -0.2) is 39.6 Å². The summed E-state index contributed by atoms with van der Waals surface area (Å²) in [6.45, 7) is 1.61. The number of nitrogens with zero attached hydrogens (tertiary/aromatic N) is 4. The van der Waals surface area contributed by atoms with E-state index in [0.717, 1.165) is 16.0 Å². The zero-order valence-electron chi connectivity index (χ0n) is 17.2. The lowest BCUT2D eigenvalue weighted by molar-refractivity contribution is -0.111. The van der Waals surface area contributed by atoms with Crippen LogP contribution >= 0.6 is 11.3 Å². The van der Waals surface area contributed by atoms with E-state index in [1.807, 2.05) is 34.9 Å². The number of fused-ring (bicyclic) bond motifs is 1. The van der Waals surface area contributed by atoms with Crippen molar-refractivity contribution >= 4 is 34.4 Å². The van der Waals surface area contributed by atoms with Crippen molar-refractivity contribution in [1.29, 1.82) is 5.26 Å². The number of imidazole rings is 1. The van der Waals surface area contributed by atoms with Crippen molar-refractivity contribution in [2.75, 3.05) is 18.5 Å². The van der Waals surface area contributed by atoms with Crippen LogP contribution in [0.1, 0.15) is 21.6 Å². The Balaban J connectivity index is 1.37. The number of nitriles is 1. The number of thiophene rings is 1. The van der Waals surface area contributed by atoms with Gasteiger partial charge >= 0.3 is 6.09 Å². The van der Waals surface area contributed by atoms with Gasteiger partial charge in [0.2, 0.25) is 5.91 Å². The largest absolute Gasteiger partial charge is 0.448 e. The molecule has 0 saturated heterocycles. The van der Waals surface area contributed by atoms with E-state index in [-0.39, 0.29) is 18.6 Å². The normalized spacial score (nSPS) is 12.9. The number of benzene rings is 1. The van der Waals surface area contributed by atoms with Crippen LogP contribution < -0.4 is 5.32 Å². The Hall–Kier alpha value is -3.90. The summed E-state index contributed by atoms with van der Waals surface area (Å²) in [6, 6.07) is 11.7. The third-order valence-corrected chi connectivity index (χ3v) is 6.16. The number of carbonyl (C=O) groups is 2. The van der Waals surface area contributed by atoms with Gasteiger partial charge in [-0.05, 0) is 23.6 Å². The molecule has 3 aromatic rings. The first-order valence-corrected chi connectivity index (χ1v) is 10.9. The molecule has 0 aliphatic carbocycles. The Kier molecular flexibility index (Phi) is 6.63. The summed E-state index contributed by atoms with van der Waals surface area (Å²) < 4.78 is 7.21. The Morgan fingerprint density at radius 3 is 2.91 bits per heavy atom. The fourth-order valence-corrected chi connectivity index (χ4v) is 4.62. The van der Waals surface area contributed by atoms with E-state index in [2.05, 4.69) is 16.4 Å². The molecule has 32 heavy (non-hydrogen) atoms. The third kappa shape index (κ3) is 5.04. The topological polar surface area (TPSA) is 100 Å². The first-order valence-electron chi connectivity index (χ1n) is 10.1. The number of ether oxygens (including phenoxy) is 1. The second-order valence-electron chi connectivity index (χ2n) is 7.14. The van der Waals surface area contributed by atoms with Gasteiger partial charge in [0.15, 0.2) is 0 Å². The molecule has 8 nitrogen and oxygen atoms in total. The van der Waals surface area contributed by atoms with Crippen molar-refractivity contribution < 1.29 is 14.3 Å². The molecule has 1 aliphatic heterocycles. The molecule has 2 aromatic heterocycles. The van der Waals surface area contributed by atoms with Crippen molar-refractivity contribution in [3.63, 3.8) is 0 Å². The smallest absolute Gasteiger partial charge is 0.410 e.